The van der Waals surface area contributed by atoms with Gasteiger partial charge in [0, 0.05) is 24.9 Å². The smallest absolute Gasteiger partial charge is 0.304 e. The van der Waals surface area contributed by atoms with Crippen molar-refractivity contribution in [1.29, 1.82) is 0 Å². The quantitative estimate of drug-likeness (QED) is 0.772. The lowest BCUT2D eigenvalue weighted by molar-refractivity contribution is -0.138. The highest BCUT2D eigenvalue weighted by atomic mass is 16.4. The molecule has 0 fully saturated rings. The summed E-state index contributed by atoms with van der Waals surface area (Å²) >= 11 is 0. The molecule has 0 aromatic carbocycles. The van der Waals surface area contributed by atoms with Crippen LogP contribution in [0.5, 0.6) is 0 Å². The molecule has 0 bridgehead atoms. The third-order valence-electron chi connectivity index (χ3n) is 2.21. The molecule has 0 aliphatic carbocycles. The van der Waals surface area contributed by atoms with Crippen LogP contribution in [0.1, 0.15) is 25.8 Å². The standard InChI is InChI=1S/C10H15NO2/c1-10(2,6-9(12)13)8-4-5-11(3)7-8/h4-5,7H,6H2,1-3H3,(H,12,13). The molecule has 0 spiro atoms. The molecule has 3 heteroatoms. The molecule has 0 saturated heterocycles. The van der Waals surface area contributed by atoms with Gasteiger partial charge in [0.15, 0.2) is 0 Å². The lowest BCUT2D eigenvalue weighted by Gasteiger charge is -2.20. The molecule has 0 radical (unpaired) electrons. The van der Waals surface area contributed by atoms with E-state index in [-0.39, 0.29) is 11.8 Å². The van der Waals surface area contributed by atoms with E-state index in [0.29, 0.717) is 0 Å². The molecule has 0 saturated carbocycles. The number of nitrogens with zero attached hydrogens (tertiary/aromatic N) is 1. The fourth-order valence-corrected chi connectivity index (χ4v) is 1.38. The predicted octanol–water partition coefficient (Wildman–Crippen LogP) is 1.78. The molecule has 13 heavy (non-hydrogen) atoms. The van der Waals surface area contributed by atoms with Crippen molar-refractivity contribution in [3.05, 3.63) is 24.0 Å². The highest BCUT2D eigenvalue weighted by Gasteiger charge is 2.24. The Morgan fingerprint density at radius 2 is 2.23 bits per heavy atom. The van der Waals surface area contributed by atoms with Crippen LogP contribution in [0.3, 0.4) is 0 Å². The van der Waals surface area contributed by atoms with Gasteiger partial charge in [-0.1, -0.05) is 13.8 Å². The number of aromatic nitrogens is 1. The molecule has 0 amide bonds. The van der Waals surface area contributed by atoms with Crippen LogP contribution in [-0.2, 0) is 17.3 Å². The first-order chi connectivity index (χ1) is 5.92. The van der Waals surface area contributed by atoms with Gasteiger partial charge in [0.25, 0.3) is 0 Å². The SMILES string of the molecule is Cn1ccc(C(C)(C)CC(=O)O)c1. The summed E-state index contributed by atoms with van der Waals surface area (Å²) in [6, 6.07) is 1.96. The number of hydrogen-bond donors (Lipinski definition) is 1. The molecule has 1 rings (SSSR count). The van der Waals surface area contributed by atoms with E-state index < -0.39 is 5.97 Å². The molecule has 1 aromatic heterocycles. The Balaban J connectivity index is 2.86. The zero-order valence-electron chi connectivity index (χ0n) is 8.24. The molecule has 0 aliphatic heterocycles. The highest BCUT2D eigenvalue weighted by molar-refractivity contribution is 5.68. The first-order valence-electron chi connectivity index (χ1n) is 4.26. The topological polar surface area (TPSA) is 42.2 Å². The van der Waals surface area contributed by atoms with E-state index in [4.69, 9.17) is 5.11 Å². The van der Waals surface area contributed by atoms with E-state index in [1.54, 1.807) is 0 Å². The fourth-order valence-electron chi connectivity index (χ4n) is 1.38. The minimum absolute atomic E-state index is 0.164. The van der Waals surface area contributed by atoms with Crippen LogP contribution < -0.4 is 0 Å². The second-order valence-electron chi connectivity index (χ2n) is 4.02. The third kappa shape index (κ3) is 2.34. The average Bonchev–Trinajstić information content (AvgIpc) is 2.32. The zero-order chi connectivity index (χ0) is 10.1. The highest BCUT2D eigenvalue weighted by Crippen LogP contribution is 2.26. The number of carboxylic acids is 1. The molecule has 0 unspecified atom stereocenters. The minimum Gasteiger partial charge on any atom is -0.481 e. The normalized spacial score (nSPS) is 11.6. The van der Waals surface area contributed by atoms with Gasteiger partial charge in [-0.25, -0.2) is 0 Å². The van der Waals surface area contributed by atoms with Crippen molar-refractivity contribution in [3.63, 3.8) is 0 Å². The van der Waals surface area contributed by atoms with Crippen molar-refractivity contribution in [3.8, 4) is 0 Å². The number of hydrogen-bond acceptors (Lipinski definition) is 1. The van der Waals surface area contributed by atoms with Crippen molar-refractivity contribution in [1.82, 2.24) is 4.57 Å². The molecule has 1 N–H and O–H groups in total. The van der Waals surface area contributed by atoms with Crippen molar-refractivity contribution < 1.29 is 9.90 Å². The Morgan fingerprint density at radius 3 is 2.62 bits per heavy atom. The molecular weight excluding hydrogens is 166 g/mol. The summed E-state index contributed by atoms with van der Waals surface area (Å²) < 4.78 is 1.93. The summed E-state index contributed by atoms with van der Waals surface area (Å²) in [6.07, 6.45) is 4.05. The molecule has 72 valence electrons. The van der Waals surface area contributed by atoms with Crippen LogP contribution in [0.2, 0.25) is 0 Å². The molecule has 1 aromatic rings. The summed E-state index contributed by atoms with van der Waals surface area (Å²) in [6.45, 7) is 3.88. The predicted molar refractivity (Wildman–Crippen MR) is 50.7 cm³/mol. The number of carboxylic acid groups (broad SMARTS) is 1. The molecule has 0 atom stereocenters. The number of aryl methyl sites for hydroxylation is 1. The summed E-state index contributed by atoms with van der Waals surface area (Å²) in [5.74, 6) is -0.756. The lowest BCUT2D eigenvalue weighted by Crippen LogP contribution is -2.20. The summed E-state index contributed by atoms with van der Waals surface area (Å²) in [5.41, 5.74) is 0.782. The van der Waals surface area contributed by atoms with Crippen LogP contribution in [0, 0.1) is 0 Å². The van der Waals surface area contributed by atoms with Crippen LogP contribution >= 0.6 is 0 Å². The molecule has 1 heterocycles. The Labute approximate surface area is 78.0 Å². The average molecular weight is 181 g/mol. The largest absolute Gasteiger partial charge is 0.481 e. The van der Waals surface area contributed by atoms with E-state index in [9.17, 15) is 4.79 Å². The monoisotopic (exact) mass is 181 g/mol. The Bertz CT molecular complexity index is 312. The van der Waals surface area contributed by atoms with E-state index >= 15 is 0 Å². The minimum atomic E-state index is -0.756. The maximum Gasteiger partial charge on any atom is 0.304 e. The summed E-state index contributed by atoms with van der Waals surface area (Å²) in [7, 11) is 1.93. The Morgan fingerprint density at radius 1 is 1.62 bits per heavy atom. The lowest BCUT2D eigenvalue weighted by atomic mass is 9.83. The van der Waals surface area contributed by atoms with Crippen LogP contribution in [-0.4, -0.2) is 15.6 Å². The first-order valence-corrected chi connectivity index (χ1v) is 4.26. The second-order valence-corrected chi connectivity index (χ2v) is 4.02. The molecular formula is C10H15NO2. The van der Waals surface area contributed by atoms with Gasteiger partial charge in [0.1, 0.15) is 0 Å². The summed E-state index contributed by atoms with van der Waals surface area (Å²) in [5, 5.41) is 8.71. The number of aliphatic carboxylic acids is 1. The zero-order valence-corrected chi connectivity index (χ0v) is 8.24. The van der Waals surface area contributed by atoms with Crippen LogP contribution in [0.25, 0.3) is 0 Å². The van der Waals surface area contributed by atoms with Gasteiger partial charge in [-0.05, 0) is 11.6 Å². The van der Waals surface area contributed by atoms with E-state index in [1.165, 1.54) is 0 Å². The fraction of sp³-hybridized carbons (Fsp3) is 0.500. The van der Waals surface area contributed by atoms with Crippen molar-refractivity contribution in [2.24, 2.45) is 7.05 Å². The number of carbonyl (C=O) groups is 1. The van der Waals surface area contributed by atoms with Crippen LogP contribution in [0.4, 0.5) is 0 Å². The van der Waals surface area contributed by atoms with Gasteiger partial charge in [0.05, 0.1) is 6.42 Å². The maximum absolute atomic E-state index is 10.6. The Kier molecular flexibility index (Phi) is 2.45. The van der Waals surface area contributed by atoms with Crippen molar-refractivity contribution >= 4 is 5.97 Å². The van der Waals surface area contributed by atoms with Crippen molar-refractivity contribution in [2.75, 3.05) is 0 Å². The maximum atomic E-state index is 10.6. The summed E-state index contributed by atoms with van der Waals surface area (Å²) in [4.78, 5) is 10.6. The molecule has 3 nitrogen and oxygen atoms in total. The van der Waals surface area contributed by atoms with Gasteiger partial charge in [-0.15, -0.1) is 0 Å². The van der Waals surface area contributed by atoms with Crippen LogP contribution in [0.15, 0.2) is 18.5 Å². The van der Waals surface area contributed by atoms with Gasteiger partial charge in [-0.3, -0.25) is 4.79 Å². The van der Waals surface area contributed by atoms with E-state index in [1.807, 2.05) is 43.9 Å². The van der Waals surface area contributed by atoms with Gasteiger partial charge in [0.2, 0.25) is 0 Å². The number of rotatable bonds is 3. The van der Waals surface area contributed by atoms with Gasteiger partial charge < -0.3 is 9.67 Å². The van der Waals surface area contributed by atoms with Crippen molar-refractivity contribution in [2.45, 2.75) is 25.7 Å². The molecule has 0 aliphatic rings. The van der Waals surface area contributed by atoms with Gasteiger partial charge >= 0.3 is 5.97 Å². The Hall–Kier alpha value is -1.25. The first kappa shape index (κ1) is 9.84. The van der Waals surface area contributed by atoms with E-state index in [0.717, 1.165) is 5.56 Å². The third-order valence-corrected chi connectivity index (χ3v) is 2.21. The second kappa shape index (κ2) is 3.24. The van der Waals surface area contributed by atoms with E-state index in [2.05, 4.69) is 0 Å². The van der Waals surface area contributed by atoms with Gasteiger partial charge in [-0.2, -0.15) is 0 Å².